The number of hydrogen-bond acceptors (Lipinski definition) is 3. The third-order valence-electron chi connectivity index (χ3n) is 7.48. The molecule has 1 N–H and O–H groups in total. The van der Waals surface area contributed by atoms with E-state index in [1.54, 1.807) is 0 Å². The Labute approximate surface area is 244 Å². The average molecular weight is 553 g/mol. The molecule has 0 bridgehead atoms. The minimum atomic E-state index is -0.654. The Morgan fingerprint density at radius 2 is 1.03 bits per heavy atom. The van der Waals surface area contributed by atoms with E-state index < -0.39 is 5.97 Å². The van der Waals surface area contributed by atoms with Gasteiger partial charge in [0.1, 0.15) is 0 Å². The van der Waals surface area contributed by atoms with Crippen LogP contribution in [0.5, 0.6) is 0 Å². The number of unbranched alkanes of at least 4 members (excludes halogenated alkanes) is 17. The fraction of sp³-hybridized carbons (Fsp3) is 0.886. The van der Waals surface area contributed by atoms with E-state index in [2.05, 4.69) is 34.3 Å². The van der Waals surface area contributed by atoms with Crippen molar-refractivity contribution in [1.82, 2.24) is 0 Å². The second-order valence-corrected chi connectivity index (χ2v) is 12.0. The SMILES string of the molecule is C=CC(=O)OCC(CCCCC)CCCCCCC.CC(C)CCCCCCCCCCCCCCC(=O)O. The molecule has 0 aromatic rings. The van der Waals surface area contributed by atoms with Gasteiger partial charge >= 0.3 is 11.9 Å². The summed E-state index contributed by atoms with van der Waals surface area (Å²) in [5.74, 6) is 0.465. The minimum absolute atomic E-state index is 0.286. The van der Waals surface area contributed by atoms with E-state index >= 15 is 0 Å². The molecule has 1 atom stereocenters. The highest BCUT2D eigenvalue weighted by Crippen LogP contribution is 2.19. The summed E-state index contributed by atoms with van der Waals surface area (Å²) >= 11 is 0. The third-order valence-corrected chi connectivity index (χ3v) is 7.48. The summed E-state index contributed by atoms with van der Waals surface area (Å²) in [7, 11) is 0. The molecule has 4 heteroatoms. The largest absolute Gasteiger partial charge is 0.481 e. The lowest BCUT2D eigenvalue weighted by Crippen LogP contribution is -2.13. The molecule has 0 aliphatic heterocycles. The van der Waals surface area contributed by atoms with Crippen LogP contribution in [-0.4, -0.2) is 23.7 Å². The van der Waals surface area contributed by atoms with Crippen molar-refractivity contribution in [3.05, 3.63) is 12.7 Å². The van der Waals surface area contributed by atoms with Crippen molar-refractivity contribution in [3.63, 3.8) is 0 Å². The van der Waals surface area contributed by atoms with Gasteiger partial charge < -0.3 is 9.84 Å². The van der Waals surface area contributed by atoms with Crippen LogP contribution in [0.1, 0.15) is 182 Å². The number of carbonyl (C=O) groups excluding carboxylic acids is 1. The number of ether oxygens (including phenoxy) is 1. The van der Waals surface area contributed by atoms with Crippen molar-refractivity contribution in [3.8, 4) is 0 Å². The van der Waals surface area contributed by atoms with Crippen molar-refractivity contribution in [2.24, 2.45) is 11.8 Å². The van der Waals surface area contributed by atoms with Gasteiger partial charge in [0, 0.05) is 12.5 Å². The molecule has 0 radical (unpaired) electrons. The monoisotopic (exact) mass is 553 g/mol. The Hall–Kier alpha value is -1.32. The molecule has 0 spiro atoms. The van der Waals surface area contributed by atoms with E-state index in [0.29, 0.717) is 18.9 Å². The van der Waals surface area contributed by atoms with E-state index in [1.165, 1.54) is 141 Å². The lowest BCUT2D eigenvalue weighted by molar-refractivity contribution is -0.139. The number of carbonyl (C=O) groups is 2. The number of carboxylic acid groups (broad SMARTS) is 1. The smallest absolute Gasteiger partial charge is 0.330 e. The first-order valence-electron chi connectivity index (χ1n) is 16.9. The molecule has 0 aliphatic carbocycles. The summed E-state index contributed by atoms with van der Waals surface area (Å²) in [5.41, 5.74) is 0. The molecule has 1 unspecified atom stereocenters. The van der Waals surface area contributed by atoms with Gasteiger partial charge in [0.2, 0.25) is 0 Å². The lowest BCUT2D eigenvalue weighted by Gasteiger charge is -2.16. The Bertz CT molecular complexity index is 529. The quantitative estimate of drug-likeness (QED) is 0.0595. The van der Waals surface area contributed by atoms with E-state index in [1.807, 2.05) is 0 Å². The molecule has 0 saturated carbocycles. The van der Waals surface area contributed by atoms with Gasteiger partial charge in [-0.1, -0.05) is 163 Å². The van der Waals surface area contributed by atoms with E-state index in [9.17, 15) is 9.59 Å². The molecular formula is C35H68O4. The van der Waals surface area contributed by atoms with Crippen LogP contribution in [0.25, 0.3) is 0 Å². The number of esters is 1. The van der Waals surface area contributed by atoms with Crippen LogP contribution >= 0.6 is 0 Å². The molecule has 39 heavy (non-hydrogen) atoms. The van der Waals surface area contributed by atoms with E-state index in [0.717, 1.165) is 18.8 Å². The zero-order valence-corrected chi connectivity index (χ0v) is 26.8. The predicted molar refractivity (Wildman–Crippen MR) is 169 cm³/mol. The molecule has 0 rings (SSSR count). The van der Waals surface area contributed by atoms with E-state index in [-0.39, 0.29) is 5.97 Å². The minimum Gasteiger partial charge on any atom is -0.481 e. The van der Waals surface area contributed by atoms with Crippen LogP contribution in [0.4, 0.5) is 0 Å². The first-order valence-corrected chi connectivity index (χ1v) is 16.9. The van der Waals surface area contributed by atoms with Crippen molar-refractivity contribution >= 4 is 11.9 Å². The molecule has 0 saturated heterocycles. The highest BCUT2D eigenvalue weighted by molar-refractivity contribution is 5.81. The standard InChI is InChI=1S/C18H36O2.C17H32O2/c1-17(2)15-13-11-9-7-5-3-4-6-8-10-12-14-16-18(19)20;1-4-7-9-10-12-14-16(13-11-8-5-2)15-19-17(18)6-3/h17H,3-16H2,1-2H3,(H,19,20);6,16H,3-5,7-15H2,1-2H3. The Balaban J connectivity index is 0. The summed E-state index contributed by atoms with van der Waals surface area (Å²) in [6, 6.07) is 0. The maximum Gasteiger partial charge on any atom is 0.330 e. The van der Waals surface area contributed by atoms with Crippen LogP contribution in [0.15, 0.2) is 12.7 Å². The molecule has 232 valence electrons. The van der Waals surface area contributed by atoms with Gasteiger partial charge in [-0.3, -0.25) is 4.79 Å². The maximum atomic E-state index is 11.1. The van der Waals surface area contributed by atoms with Crippen molar-refractivity contribution in [2.45, 2.75) is 182 Å². The van der Waals surface area contributed by atoms with Crippen molar-refractivity contribution in [2.75, 3.05) is 6.61 Å². The summed E-state index contributed by atoms with van der Waals surface area (Å²) in [4.78, 5) is 21.5. The first-order chi connectivity index (χ1) is 18.9. The predicted octanol–water partition coefficient (Wildman–Crippen LogP) is 11.5. The number of carboxylic acids is 1. The van der Waals surface area contributed by atoms with Crippen LogP contribution in [0.2, 0.25) is 0 Å². The molecule has 4 nitrogen and oxygen atoms in total. The summed E-state index contributed by atoms with van der Waals surface area (Å²) in [6.45, 7) is 13.1. The molecule has 0 aromatic carbocycles. The normalized spacial score (nSPS) is 11.6. The molecule has 0 aromatic heterocycles. The fourth-order valence-corrected chi connectivity index (χ4v) is 4.89. The second kappa shape index (κ2) is 32.9. The van der Waals surface area contributed by atoms with Crippen molar-refractivity contribution < 1.29 is 19.4 Å². The molecular weight excluding hydrogens is 484 g/mol. The van der Waals surface area contributed by atoms with Crippen molar-refractivity contribution in [1.29, 1.82) is 0 Å². The number of aliphatic carboxylic acids is 1. The number of rotatable bonds is 28. The first kappa shape index (κ1) is 39.8. The Morgan fingerprint density at radius 1 is 0.641 bits per heavy atom. The Morgan fingerprint density at radius 3 is 1.46 bits per heavy atom. The van der Waals surface area contributed by atoms with Gasteiger partial charge in [0.25, 0.3) is 0 Å². The molecule has 0 amide bonds. The zero-order valence-electron chi connectivity index (χ0n) is 26.8. The third kappa shape index (κ3) is 36.7. The second-order valence-electron chi connectivity index (χ2n) is 12.0. The molecule has 0 fully saturated rings. The Kier molecular flexibility index (Phi) is 33.6. The van der Waals surface area contributed by atoms with Crippen LogP contribution < -0.4 is 0 Å². The van der Waals surface area contributed by atoms with Gasteiger partial charge in [-0.25, -0.2) is 4.79 Å². The number of hydrogen-bond donors (Lipinski definition) is 1. The zero-order chi connectivity index (χ0) is 29.4. The fourth-order valence-electron chi connectivity index (χ4n) is 4.89. The lowest BCUT2D eigenvalue weighted by atomic mass is 9.95. The summed E-state index contributed by atoms with van der Waals surface area (Å²) in [5, 5.41) is 8.52. The maximum absolute atomic E-state index is 11.1. The van der Waals surface area contributed by atoms with Gasteiger partial charge in [0.05, 0.1) is 6.61 Å². The van der Waals surface area contributed by atoms with Gasteiger partial charge in [-0.05, 0) is 31.1 Å². The van der Waals surface area contributed by atoms with Gasteiger partial charge in [-0.15, -0.1) is 0 Å². The van der Waals surface area contributed by atoms with Gasteiger partial charge in [-0.2, -0.15) is 0 Å². The molecule has 0 heterocycles. The van der Waals surface area contributed by atoms with E-state index in [4.69, 9.17) is 9.84 Å². The molecule has 0 aliphatic rings. The van der Waals surface area contributed by atoms with Crippen LogP contribution in [-0.2, 0) is 14.3 Å². The summed E-state index contributed by atoms with van der Waals surface area (Å²) in [6.07, 6.45) is 31.3. The van der Waals surface area contributed by atoms with Crippen LogP contribution in [0, 0.1) is 11.8 Å². The topological polar surface area (TPSA) is 63.6 Å². The van der Waals surface area contributed by atoms with Crippen LogP contribution in [0.3, 0.4) is 0 Å². The highest BCUT2D eigenvalue weighted by Gasteiger charge is 2.10. The highest BCUT2D eigenvalue weighted by atomic mass is 16.5. The average Bonchev–Trinajstić information content (AvgIpc) is 2.91. The van der Waals surface area contributed by atoms with Gasteiger partial charge in [0.15, 0.2) is 0 Å². The summed E-state index contributed by atoms with van der Waals surface area (Å²) < 4.78 is 5.21.